The van der Waals surface area contributed by atoms with E-state index in [1.807, 2.05) is 6.07 Å². The molecule has 1 aromatic rings. The van der Waals surface area contributed by atoms with Gasteiger partial charge in [-0.1, -0.05) is 30.3 Å². The van der Waals surface area contributed by atoms with Crippen LogP contribution in [0.4, 0.5) is 0 Å². The van der Waals surface area contributed by atoms with Gasteiger partial charge in [-0.3, -0.25) is 0 Å². The van der Waals surface area contributed by atoms with E-state index < -0.39 is 11.5 Å². The molecule has 1 aliphatic rings. The average Bonchev–Trinajstić information content (AvgIpc) is 3.01. The van der Waals surface area contributed by atoms with Gasteiger partial charge in [0, 0.05) is 0 Å². The van der Waals surface area contributed by atoms with Crippen molar-refractivity contribution in [2.24, 2.45) is 11.7 Å². The van der Waals surface area contributed by atoms with Gasteiger partial charge in [0.25, 0.3) is 0 Å². The number of carboxylic acid groups (broad SMARTS) is 1. The summed E-state index contributed by atoms with van der Waals surface area (Å²) in [7, 11) is 0. The number of carboxylic acids is 1. The van der Waals surface area contributed by atoms with Crippen LogP contribution in [-0.2, 0) is 10.3 Å². The molecule has 2 rings (SSSR count). The number of carbonyl (C=O) groups excluding carboxylic acids is 1. The first-order valence-corrected chi connectivity index (χ1v) is 4.71. The number of rotatable bonds is 3. The number of aliphatic carboxylic acids is 1. The summed E-state index contributed by atoms with van der Waals surface area (Å²) in [4.78, 5) is 11.1. The van der Waals surface area contributed by atoms with Crippen molar-refractivity contribution in [3.8, 4) is 0 Å². The second kappa shape index (κ2) is 4.66. The second-order valence-corrected chi connectivity index (χ2v) is 3.80. The van der Waals surface area contributed by atoms with Crippen molar-refractivity contribution in [1.29, 1.82) is 0 Å². The zero-order valence-electron chi connectivity index (χ0n) is 8.77. The van der Waals surface area contributed by atoms with Crippen molar-refractivity contribution in [2.45, 2.75) is 18.4 Å². The van der Waals surface area contributed by atoms with Gasteiger partial charge in [-0.25, -0.2) is 0 Å². The minimum absolute atomic E-state index is 0. The van der Waals surface area contributed by atoms with Gasteiger partial charge >= 0.3 is 29.6 Å². The Kier molecular flexibility index (Phi) is 3.95. The summed E-state index contributed by atoms with van der Waals surface area (Å²) in [5.41, 5.74) is 5.26. The maximum absolute atomic E-state index is 11.1. The minimum Gasteiger partial charge on any atom is -0.548 e. The molecule has 0 bridgehead atoms. The summed E-state index contributed by atoms with van der Waals surface area (Å²) in [5.74, 6) is -1.14. The Labute approximate surface area is 111 Å². The Morgan fingerprint density at radius 3 is 2.27 bits per heavy atom. The number of nitrogens with two attached hydrogens (primary N) is 1. The fraction of sp³-hybridized carbons (Fsp3) is 0.364. The first-order chi connectivity index (χ1) is 6.65. The number of hydrogen-bond donors (Lipinski definition) is 1. The molecular weight excluding hydrogens is 201 g/mol. The molecule has 1 unspecified atom stereocenters. The van der Waals surface area contributed by atoms with E-state index in [1.165, 1.54) is 0 Å². The van der Waals surface area contributed by atoms with E-state index >= 15 is 0 Å². The van der Waals surface area contributed by atoms with Crippen LogP contribution >= 0.6 is 0 Å². The third kappa shape index (κ3) is 2.26. The van der Waals surface area contributed by atoms with E-state index in [0.717, 1.165) is 12.8 Å². The molecule has 1 atom stereocenters. The molecule has 4 heteroatoms. The maximum atomic E-state index is 11.1. The van der Waals surface area contributed by atoms with Gasteiger partial charge in [0.2, 0.25) is 0 Å². The van der Waals surface area contributed by atoms with Crippen LogP contribution in [0.1, 0.15) is 18.4 Å². The molecule has 1 aliphatic carbocycles. The van der Waals surface area contributed by atoms with Crippen molar-refractivity contribution in [1.82, 2.24) is 0 Å². The normalized spacial score (nSPS) is 18.7. The second-order valence-electron chi connectivity index (χ2n) is 3.80. The predicted octanol–water partition coefficient (Wildman–Crippen LogP) is -3.00. The van der Waals surface area contributed by atoms with Crippen molar-refractivity contribution in [2.75, 3.05) is 0 Å². The zero-order chi connectivity index (χ0) is 10.2. The maximum Gasteiger partial charge on any atom is 1.00 e. The van der Waals surface area contributed by atoms with Crippen LogP contribution in [0, 0.1) is 5.92 Å². The average molecular weight is 213 g/mol. The van der Waals surface area contributed by atoms with E-state index in [-0.39, 0.29) is 35.5 Å². The summed E-state index contributed by atoms with van der Waals surface area (Å²) in [6.07, 6.45) is 1.75. The Balaban J connectivity index is 0.00000112. The summed E-state index contributed by atoms with van der Waals surface area (Å²) in [6.45, 7) is 0. The molecule has 15 heavy (non-hydrogen) atoms. The van der Waals surface area contributed by atoms with Gasteiger partial charge in [-0.05, 0) is 24.3 Å². The zero-order valence-corrected chi connectivity index (χ0v) is 10.8. The van der Waals surface area contributed by atoms with Crippen LogP contribution in [0.5, 0.6) is 0 Å². The molecule has 0 aliphatic heterocycles. The van der Waals surface area contributed by atoms with Crippen molar-refractivity contribution < 1.29 is 39.5 Å². The van der Waals surface area contributed by atoms with Crippen molar-refractivity contribution >= 4 is 5.97 Å². The quantitative estimate of drug-likeness (QED) is 0.544. The molecular formula is C11H12NNaO2. The Bertz CT molecular complexity index is 351. The molecule has 0 saturated heterocycles. The van der Waals surface area contributed by atoms with Gasteiger partial charge in [-0.15, -0.1) is 0 Å². The van der Waals surface area contributed by atoms with Crippen LogP contribution in [0.3, 0.4) is 0 Å². The molecule has 0 spiro atoms. The Morgan fingerprint density at radius 2 is 1.87 bits per heavy atom. The topological polar surface area (TPSA) is 66.2 Å². The molecule has 0 amide bonds. The Hall–Kier alpha value is -0.350. The van der Waals surface area contributed by atoms with Gasteiger partial charge in [-0.2, -0.15) is 0 Å². The first kappa shape index (κ1) is 12.7. The SMILES string of the molecule is NC(C(=O)[O-])(c1ccccc1)C1CC1.[Na+]. The van der Waals surface area contributed by atoms with E-state index in [1.54, 1.807) is 24.3 Å². The van der Waals surface area contributed by atoms with E-state index in [0.29, 0.717) is 5.56 Å². The third-order valence-corrected chi connectivity index (χ3v) is 2.81. The molecule has 0 radical (unpaired) electrons. The smallest absolute Gasteiger partial charge is 0.548 e. The molecule has 3 nitrogen and oxygen atoms in total. The summed E-state index contributed by atoms with van der Waals surface area (Å²) in [5, 5.41) is 11.1. The van der Waals surface area contributed by atoms with Gasteiger partial charge in [0.05, 0.1) is 11.5 Å². The van der Waals surface area contributed by atoms with Gasteiger partial charge in [0.15, 0.2) is 0 Å². The monoisotopic (exact) mass is 213 g/mol. The molecule has 0 heterocycles. The summed E-state index contributed by atoms with van der Waals surface area (Å²) in [6, 6.07) is 8.92. The van der Waals surface area contributed by atoms with Gasteiger partial charge < -0.3 is 15.6 Å². The van der Waals surface area contributed by atoms with Crippen LogP contribution in [0.15, 0.2) is 30.3 Å². The molecule has 0 aromatic heterocycles. The molecule has 2 N–H and O–H groups in total. The standard InChI is InChI=1S/C11H13NO2.Na/c12-11(10(13)14,9-6-7-9)8-4-2-1-3-5-8;/h1-5,9H,6-7,12H2,(H,13,14);/q;+1/p-1. The van der Waals surface area contributed by atoms with Crippen LogP contribution in [-0.4, -0.2) is 5.97 Å². The van der Waals surface area contributed by atoms with Crippen LogP contribution in [0.2, 0.25) is 0 Å². The van der Waals surface area contributed by atoms with E-state index in [4.69, 9.17) is 5.73 Å². The fourth-order valence-corrected chi connectivity index (χ4v) is 1.77. The Morgan fingerprint density at radius 1 is 1.33 bits per heavy atom. The number of benzene rings is 1. The number of carbonyl (C=O) groups is 1. The molecule has 1 saturated carbocycles. The first-order valence-electron chi connectivity index (χ1n) is 4.71. The van der Waals surface area contributed by atoms with Crippen LogP contribution < -0.4 is 40.4 Å². The van der Waals surface area contributed by atoms with Crippen LogP contribution in [0.25, 0.3) is 0 Å². The van der Waals surface area contributed by atoms with Gasteiger partial charge in [0.1, 0.15) is 0 Å². The summed E-state index contributed by atoms with van der Waals surface area (Å²) >= 11 is 0. The predicted molar refractivity (Wildman–Crippen MR) is 50.0 cm³/mol. The number of hydrogen-bond acceptors (Lipinski definition) is 3. The largest absolute Gasteiger partial charge is 1.00 e. The third-order valence-electron chi connectivity index (χ3n) is 2.81. The minimum atomic E-state index is -1.29. The summed E-state index contributed by atoms with van der Waals surface area (Å²) < 4.78 is 0. The van der Waals surface area contributed by atoms with Crippen molar-refractivity contribution in [3.63, 3.8) is 0 Å². The fourth-order valence-electron chi connectivity index (χ4n) is 1.77. The van der Waals surface area contributed by atoms with E-state index in [9.17, 15) is 9.90 Å². The van der Waals surface area contributed by atoms with Crippen molar-refractivity contribution in [3.05, 3.63) is 35.9 Å². The molecule has 1 aromatic carbocycles. The molecule has 1 fully saturated rings. The molecule has 74 valence electrons. The van der Waals surface area contributed by atoms with E-state index in [2.05, 4.69) is 0 Å².